The number of nitrogens with zero attached hydrogens (tertiary/aromatic N) is 3. The predicted octanol–water partition coefficient (Wildman–Crippen LogP) is 2.25. The largest absolute Gasteiger partial charge is 0.467 e. The molecule has 0 aliphatic rings. The maximum absolute atomic E-state index is 12.1. The smallest absolute Gasteiger partial charge is 0.328 e. The molecule has 21 heavy (non-hydrogen) atoms. The average molecular weight is 286 g/mol. The number of rotatable bonds is 4. The topological polar surface area (TPSA) is 93.9 Å². The monoisotopic (exact) mass is 286 g/mol. The van der Waals surface area contributed by atoms with E-state index in [4.69, 9.17) is 15.7 Å². The van der Waals surface area contributed by atoms with E-state index in [1.54, 1.807) is 22.8 Å². The lowest BCUT2D eigenvalue weighted by atomic mass is 10.0. The van der Waals surface area contributed by atoms with Crippen LogP contribution in [0.25, 0.3) is 11.0 Å². The maximum atomic E-state index is 12.1. The molecule has 0 fully saturated rings. The Hall–Kier alpha value is -2.55. The van der Waals surface area contributed by atoms with E-state index in [0.717, 1.165) is 0 Å². The van der Waals surface area contributed by atoms with Crippen LogP contribution in [0.1, 0.15) is 31.9 Å². The van der Waals surface area contributed by atoms with Gasteiger partial charge in [-0.05, 0) is 24.5 Å². The minimum atomic E-state index is -0.547. The molecular weight excluding hydrogens is 268 g/mol. The van der Waals surface area contributed by atoms with Crippen LogP contribution >= 0.6 is 0 Å². The number of nitrogen functional groups attached to an aromatic ring is 1. The van der Waals surface area contributed by atoms with Crippen LogP contribution < -0.4 is 5.73 Å². The molecule has 6 heteroatoms. The van der Waals surface area contributed by atoms with Crippen LogP contribution in [-0.4, -0.2) is 22.6 Å². The number of para-hydroxylation sites is 1. The van der Waals surface area contributed by atoms with Gasteiger partial charge in [0.25, 0.3) is 0 Å². The summed E-state index contributed by atoms with van der Waals surface area (Å²) in [5.41, 5.74) is 7.60. The molecular formula is C15H18N4O2. The number of anilines is 1. The molecule has 0 spiro atoms. The Morgan fingerprint density at radius 3 is 2.81 bits per heavy atom. The third-order valence-corrected chi connectivity index (χ3v) is 3.35. The summed E-state index contributed by atoms with van der Waals surface area (Å²) in [5, 5.41) is 9.14. The molecule has 2 N–H and O–H groups in total. The molecule has 0 amide bonds. The molecule has 0 radical (unpaired) electrons. The second kappa shape index (κ2) is 5.83. The summed E-state index contributed by atoms with van der Waals surface area (Å²) in [6.45, 7) is 4.04. The van der Waals surface area contributed by atoms with Crippen molar-refractivity contribution in [1.29, 1.82) is 5.26 Å². The molecule has 0 aliphatic carbocycles. The van der Waals surface area contributed by atoms with E-state index < -0.39 is 6.04 Å². The summed E-state index contributed by atoms with van der Waals surface area (Å²) in [6.07, 6.45) is 0.582. The second-order valence-electron chi connectivity index (χ2n) is 5.29. The molecule has 0 bridgehead atoms. The standard InChI is InChI=1S/C15H18N4O2/c1-9(2)7-12(14(20)21-3)19-11-6-4-5-10(8-16)13(11)18-15(19)17/h4-6,9,12H,7H2,1-3H3,(H2,17,18). The van der Waals surface area contributed by atoms with Crippen LogP contribution in [0.15, 0.2) is 18.2 Å². The van der Waals surface area contributed by atoms with Gasteiger partial charge in [-0.1, -0.05) is 19.9 Å². The first kappa shape index (κ1) is 14.9. The number of carbonyl (C=O) groups is 1. The highest BCUT2D eigenvalue weighted by Gasteiger charge is 2.27. The molecule has 1 heterocycles. The van der Waals surface area contributed by atoms with E-state index in [1.807, 2.05) is 13.8 Å². The van der Waals surface area contributed by atoms with Gasteiger partial charge in [0.2, 0.25) is 5.95 Å². The fourth-order valence-electron chi connectivity index (χ4n) is 2.44. The van der Waals surface area contributed by atoms with Gasteiger partial charge in [0, 0.05) is 0 Å². The Morgan fingerprint density at radius 1 is 1.52 bits per heavy atom. The van der Waals surface area contributed by atoms with E-state index in [0.29, 0.717) is 23.0 Å². The quantitative estimate of drug-likeness (QED) is 0.870. The highest BCUT2D eigenvalue weighted by molar-refractivity contribution is 5.86. The van der Waals surface area contributed by atoms with Gasteiger partial charge in [0.15, 0.2) is 0 Å². The van der Waals surface area contributed by atoms with Crippen molar-refractivity contribution in [2.24, 2.45) is 5.92 Å². The van der Waals surface area contributed by atoms with E-state index in [9.17, 15) is 4.79 Å². The van der Waals surface area contributed by atoms with E-state index >= 15 is 0 Å². The van der Waals surface area contributed by atoms with Crippen LogP contribution in [0.2, 0.25) is 0 Å². The second-order valence-corrected chi connectivity index (χ2v) is 5.29. The van der Waals surface area contributed by atoms with Gasteiger partial charge >= 0.3 is 5.97 Å². The minimum absolute atomic E-state index is 0.212. The average Bonchev–Trinajstić information content (AvgIpc) is 2.79. The van der Waals surface area contributed by atoms with Crippen molar-refractivity contribution in [2.45, 2.75) is 26.3 Å². The molecule has 1 aromatic heterocycles. The number of hydrogen-bond acceptors (Lipinski definition) is 5. The molecule has 1 unspecified atom stereocenters. The number of carbonyl (C=O) groups excluding carboxylic acids is 1. The molecule has 0 saturated heterocycles. The lowest BCUT2D eigenvalue weighted by molar-refractivity contribution is -0.145. The first-order chi connectivity index (χ1) is 9.99. The van der Waals surface area contributed by atoms with Crippen LogP contribution in [0, 0.1) is 17.2 Å². The Kier molecular flexibility index (Phi) is 4.13. The normalized spacial score (nSPS) is 12.3. The van der Waals surface area contributed by atoms with Crippen molar-refractivity contribution in [2.75, 3.05) is 12.8 Å². The minimum Gasteiger partial charge on any atom is -0.467 e. The maximum Gasteiger partial charge on any atom is 0.328 e. The fraction of sp³-hybridized carbons (Fsp3) is 0.400. The molecule has 110 valence electrons. The van der Waals surface area contributed by atoms with E-state index in [2.05, 4.69) is 11.1 Å². The van der Waals surface area contributed by atoms with Gasteiger partial charge in [0.05, 0.1) is 18.2 Å². The summed E-state index contributed by atoms with van der Waals surface area (Å²) in [6, 6.07) is 6.77. The fourth-order valence-corrected chi connectivity index (χ4v) is 2.44. The summed E-state index contributed by atoms with van der Waals surface area (Å²) in [7, 11) is 1.35. The number of nitriles is 1. The van der Waals surface area contributed by atoms with E-state index in [1.165, 1.54) is 7.11 Å². The zero-order valence-corrected chi connectivity index (χ0v) is 12.3. The van der Waals surface area contributed by atoms with Gasteiger partial charge in [0.1, 0.15) is 17.6 Å². The van der Waals surface area contributed by atoms with Crippen LogP contribution in [0.3, 0.4) is 0 Å². The Labute approximate surface area is 123 Å². The number of aromatic nitrogens is 2. The molecule has 1 atom stereocenters. The van der Waals surface area contributed by atoms with Crippen LogP contribution in [0.4, 0.5) is 5.95 Å². The number of esters is 1. The number of imidazole rings is 1. The Balaban J connectivity index is 2.65. The highest BCUT2D eigenvalue weighted by Crippen LogP contribution is 2.29. The van der Waals surface area contributed by atoms with Crippen molar-refractivity contribution in [1.82, 2.24) is 9.55 Å². The number of ether oxygens (including phenoxy) is 1. The van der Waals surface area contributed by atoms with E-state index in [-0.39, 0.29) is 17.8 Å². The van der Waals surface area contributed by atoms with Gasteiger partial charge < -0.3 is 10.5 Å². The van der Waals surface area contributed by atoms with Gasteiger partial charge in [-0.3, -0.25) is 4.57 Å². The van der Waals surface area contributed by atoms with Gasteiger partial charge in [-0.15, -0.1) is 0 Å². The summed E-state index contributed by atoms with van der Waals surface area (Å²) in [4.78, 5) is 16.3. The SMILES string of the molecule is COC(=O)C(CC(C)C)n1c(N)nc2c(C#N)cccc21. The van der Waals surface area contributed by atoms with Crippen LogP contribution in [0.5, 0.6) is 0 Å². The van der Waals surface area contributed by atoms with Gasteiger partial charge in [-0.25, -0.2) is 9.78 Å². The lowest BCUT2D eigenvalue weighted by Gasteiger charge is -2.20. The zero-order valence-electron chi connectivity index (χ0n) is 12.3. The molecule has 1 aromatic carbocycles. The molecule has 2 rings (SSSR count). The van der Waals surface area contributed by atoms with Crippen molar-refractivity contribution in [3.63, 3.8) is 0 Å². The highest BCUT2D eigenvalue weighted by atomic mass is 16.5. The number of nitrogens with two attached hydrogens (primary N) is 1. The number of methoxy groups -OCH3 is 1. The molecule has 0 saturated carbocycles. The summed E-state index contributed by atoms with van der Waals surface area (Å²) in [5.74, 6) is 0.130. The first-order valence-corrected chi connectivity index (χ1v) is 6.74. The van der Waals surface area contributed by atoms with Crippen LogP contribution in [-0.2, 0) is 9.53 Å². The Morgan fingerprint density at radius 2 is 2.24 bits per heavy atom. The molecule has 0 aliphatic heterocycles. The zero-order chi connectivity index (χ0) is 15.6. The van der Waals surface area contributed by atoms with Gasteiger partial charge in [-0.2, -0.15) is 5.26 Å². The van der Waals surface area contributed by atoms with Crippen molar-refractivity contribution in [3.05, 3.63) is 23.8 Å². The summed E-state index contributed by atoms with van der Waals surface area (Å²) < 4.78 is 6.54. The van der Waals surface area contributed by atoms with Crippen molar-refractivity contribution >= 4 is 23.0 Å². The number of fused-ring (bicyclic) bond motifs is 1. The lowest BCUT2D eigenvalue weighted by Crippen LogP contribution is -2.23. The Bertz CT molecular complexity index is 712. The summed E-state index contributed by atoms with van der Waals surface area (Å²) >= 11 is 0. The number of hydrogen-bond donors (Lipinski definition) is 1. The predicted molar refractivity (Wildman–Crippen MR) is 79.4 cm³/mol. The number of benzene rings is 1. The first-order valence-electron chi connectivity index (χ1n) is 6.74. The third kappa shape index (κ3) is 2.68. The molecule has 6 nitrogen and oxygen atoms in total. The van der Waals surface area contributed by atoms with Crippen molar-refractivity contribution in [3.8, 4) is 6.07 Å². The third-order valence-electron chi connectivity index (χ3n) is 3.35. The molecule has 2 aromatic rings. The van der Waals surface area contributed by atoms with Crippen molar-refractivity contribution < 1.29 is 9.53 Å².